The fourth-order valence-electron chi connectivity index (χ4n) is 6.83. The molecule has 6 nitrogen and oxygen atoms in total. The molecule has 0 aromatic heterocycles. The summed E-state index contributed by atoms with van der Waals surface area (Å²) in [5, 5.41) is 0. The molecule has 0 fully saturated rings. The minimum atomic E-state index is -0.842. The minimum Gasteiger partial charge on any atom is -0.462 e. The lowest BCUT2D eigenvalue weighted by Crippen LogP contribution is -2.30. The van der Waals surface area contributed by atoms with Gasteiger partial charge in [0.25, 0.3) is 0 Å². The van der Waals surface area contributed by atoms with Gasteiger partial charge in [-0.25, -0.2) is 0 Å². The molecule has 380 valence electrons. The standard InChI is InChI=1S/C62H96O6/c1-4-7-10-13-16-19-22-25-28-30-31-32-35-37-40-43-46-49-52-55-61(64)67-58-59(57-66-60(63)54-51-48-45-42-39-36-33-27-24-21-18-15-12-9-6-3)68-62(65)56-53-50-47-44-41-38-34-29-26-23-20-17-14-11-8-5-2/h7-8,10-11,13,16-17,19-20,22,25-26,28-32,35,37-38,40-41,47,50,59H,4-6,9,12,14-15,18,21,23-24,27,33-34,36,39,42-46,48-49,51-58H2,1-3H3/b10-7-,11-8-,16-13-,20-17-,22-19-,28-25-,29-26-,31-30+,35-32-,40-37-,41-38-,50-47-. The summed E-state index contributed by atoms with van der Waals surface area (Å²) in [4.78, 5) is 38.0. The molecule has 68 heavy (non-hydrogen) atoms. The molecule has 1 atom stereocenters. The highest BCUT2D eigenvalue weighted by Gasteiger charge is 2.19. The Hall–Kier alpha value is -4.71. The van der Waals surface area contributed by atoms with Crippen LogP contribution in [0.4, 0.5) is 0 Å². The quantitative estimate of drug-likeness (QED) is 0.0199. The molecule has 0 saturated carbocycles. The fourth-order valence-corrected chi connectivity index (χ4v) is 6.83. The molecule has 0 rings (SSSR count). The number of carbonyl (C=O) groups excluding carboxylic acids is 3. The Morgan fingerprint density at radius 2 is 0.676 bits per heavy atom. The molecular weight excluding hydrogens is 841 g/mol. The van der Waals surface area contributed by atoms with Crippen LogP contribution in [0.25, 0.3) is 0 Å². The molecule has 0 aromatic rings. The minimum absolute atomic E-state index is 0.127. The largest absolute Gasteiger partial charge is 0.462 e. The second-order valence-electron chi connectivity index (χ2n) is 17.2. The van der Waals surface area contributed by atoms with Gasteiger partial charge < -0.3 is 14.2 Å². The Morgan fingerprint density at radius 3 is 1.10 bits per heavy atom. The highest BCUT2D eigenvalue weighted by molar-refractivity contribution is 5.71. The summed E-state index contributed by atoms with van der Waals surface area (Å²) in [6, 6.07) is 0. The molecule has 0 saturated heterocycles. The Labute approximate surface area is 417 Å². The topological polar surface area (TPSA) is 78.9 Å². The number of carbonyl (C=O) groups is 3. The lowest BCUT2D eigenvalue weighted by Gasteiger charge is -2.18. The van der Waals surface area contributed by atoms with Crippen molar-refractivity contribution < 1.29 is 28.6 Å². The van der Waals surface area contributed by atoms with Crippen LogP contribution in [-0.4, -0.2) is 37.2 Å². The van der Waals surface area contributed by atoms with Crippen LogP contribution < -0.4 is 0 Å². The Morgan fingerprint density at radius 1 is 0.324 bits per heavy atom. The van der Waals surface area contributed by atoms with E-state index in [0.29, 0.717) is 19.3 Å². The van der Waals surface area contributed by atoms with Gasteiger partial charge >= 0.3 is 17.9 Å². The number of ether oxygens (including phenoxy) is 3. The maximum absolute atomic E-state index is 12.8. The average molecular weight is 937 g/mol. The maximum atomic E-state index is 12.8. The van der Waals surface area contributed by atoms with Gasteiger partial charge in [0.15, 0.2) is 6.10 Å². The number of hydrogen-bond donors (Lipinski definition) is 0. The zero-order valence-electron chi connectivity index (χ0n) is 43.3. The Balaban J connectivity index is 4.61. The highest BCUT2D eigenvalue weighted by atomic mass is 16.6. The molecule has 0 amide bonds. The van der Waals surface area contributed by atoms with Crippen LogP contribution in [-0.2, 0) is 28.6 Å². The molecule has 0 aromatic carbocycles. The summed E-state index contributed by atoms with van der Waals surface area (Å²) in [6.07, 6.45) is 78.4. The van der Waals surface area contributed by atoms with Crippen LogP contribution >= 0.6 is 0 Å². The third kappa shape index (κ3) is 52.3. The smallest absolute Gasteiger partial charge is 0.306 e. The van der Waals surface area contributed by atoms with Gasteiger partial charge in [0.05, 0.1) is 0 Å². The first-order chi connectivity index (χ1) is 33.5. The molecule has 0 aliphatic heterocycles. The van der Waals surface area contributed by atoms with Crippen LogP contribution in [0.3, 0.4) is 0 Å². The fraction of sp³-hybridized carbons (Fsp3) is 0.565. The van der Waals surface area contributed by atoms with Gasteiger partial charge in [0.2, 0.25) is 0 Å². The van der Waals surface area contributed by atoms with Crippen molar-refractivity contribution in [1.29, 1.82) is 0 Å². The monoisotopic (exact) mass is 937 g/mol. The molecule has 0 heterocycles. The number of unbranched alkanes of at least 4 members (excludes halogenated alkanes) is 17. The van der Waals surface area contributed by atoms with Gasteiger partial charge in [-0.05, 0) is 70.6 Å². The molecule has 0 radical (unpaired) electrons. The summed E-state index contributed by atoms with van der Waals surface area (Å²) >= 11 is 0. The predicted molar refractivity (Wildman–Crippen MR) is 292 cm³/mol. The van der Waals surface area contributed by atoms with Crippen LogP contribution in [0.2, 0.25) is 0 Å². The van der Waals surface area contributed by atoms with Crippen molar-refractivity contribution >= 4 is 17.9 Å². The lowest BCUT2D eigenvalue weighted by atomic mass is 10.0. The molecule has 0 bridgehead atoms. The van der Waals surface area contributed by atoms with Crippen molar-refractivity contribution in [2.24, 2.45) is 0 Å². The highest BCUT2D eigenvalue weighted by Crippen LogP contribution is 2.14. The van der Waals surface area contributed by atoms with Crippen LogP contribution in [0.15, 0.2) is 146 Å². The third-order valence-corrected chi connectivity index (χ3v) is 10.8. The first kappa shape index (κ1) is 63.3. The first-order valence-corrected chi connectivity index (χ1v) is 26.9. The van der Waals surface area contributed by atoms with E-state index >= 15 is 0 Å². The van der Waals surface area contributed by atoms with Gasteiger partial charge in [-0.1, -0.05) is 263 Å². The van der Waals surface area contributed by atoms with Gasteiger partial charge in [-0.2, -0.15) is 0 Å². The summed E-state index contributed by atoms with van der Waals surface area (Å²) in [6.45, 7) is 6.26. The van der Waals surface area contributed by atoms with Gasteiger partial charge in [-0.3, -0.25) is 14.4 Å². The van der Waals surface area contributed by atoms with Crippen molar-refractivity contribution in [3.63, 3.8) is 0 Å². The normalized spacial score (nSPS) is 13.3. The zero-order chi connectivity index (χ0) is 49.3. The number of hydrogen-bond acceptors (Lipinski definition) is 6. The van der Waals surface area contributed by atoms with E-state index in [9.17, 15) is 14.4 Å². The second kappa shape index (κ2) is 54.9. The van der Waals surface area contributed by atoms with Gasteiger partial charge in [0, 0.05) is 19.3 Å². The third-order valence-electron chi connectivity index (χ3n) is 10.8. The van der Waals surface area contributed by atoms with E-state index in [1.54, 1.807) is 0 Å². The van der Waals surface area contributed by atoms with Crippen LogP contribution in [0.5, 0.6) is 0 Å². The van der Waals surface area contributed by atoms with Gasteiger partial charge in [-0.15, -0.1) is 0 Å². The molecular formula is C62H96O6. The maximum Gasteiger partial charge on any atom is 0.306 e. The van der Waals surface area contributed by atoms with E-state index in [4.69, 9.17) is 14.2 Å². The van der Waals surface area contributed by atoms with E-state index in [1.807, 2.05) is 85.1 Å². The second-order valence-corrected chi connectivity index (χ2v) is 17.2. The molecule has 0 aliphatic carbocycles. The van der Waals surface area contributed by atoms with E-state index < -0.39 is 12.1 Å². The van der Waals surface area contributed by atoms with Crippen molar-refractivity contribution in [3.8, 4) is 0 Å². The number of esters is 3. The Kier molecular flexibility index (Phi) is 51.1. The van der Waals surface area contributed by atoms with E-state index in [-0.39, 0.29) is 38.0 Å². The summed E-state index contributed by atoms with van der Waals surface area (Å²) in [7, 11) is 0. The summed E-state index contributed by atoms with van der Waals surface area (Å²) in [5.41, 5.74) is 0. The van der Waals surface area contributed by atoms with Crippen LogP contribution in [0, 0.1) is 0 Å². The molecule has 0 spiro atoms. The van der Waals surface area contributed by atoms with Crippen molar-refractivity contribution in [2.45, 2.75) is 213 Å². The summed E-state index contributed by atoms with van der Waals surface area (Å²) < 4.78 is 16.7. The molecule has 1 unspecified atom stereocenters. The molecule has 0 N–H and O–H groups in total. The molecule has 6 heteroatoms. The summed E-state index contributed by atoms with van der Waals surface area (Å²) in [5.74, 6) is -1.06. The Bertz CT molecular complexity index is 1540. The van der Waals surface area contributed by atoms with Gasteiger partial charge in [0.1, 0.15) is 13.2 Å². The number of rotatable bonds is 46. The van der Waals surface area contributed by atoms with Crippen molar-refractivity contribution in [2.75, 3.05) is 13.2 Å². The molecule has 0 aliphatic rings. The van der Waals surface area contributed by atoms with Crippen molar-refractivity contribution in [1.82, 2.24) is 0 Å². The van der Waals surface area contributed by atoms with E-state index in [0.717, 1.165) is 77.0 Å². The SMILES string of the molecule is CC\C=C/C=C\C=C/C=C\C=C\C=C/C=C\CCCCCC(=O)OCC(COC(=O)CCCCCCCCCCCCCCCCC)OC(=O)CC/C=C\C/C=C\C/C=C\C/C=C\C/C=C\CC. The van der Waals surface area contributed by atoms with Crippen LogP contribution in [0.1, 0.15) is 207 Å². The first-order valence-electron chi connectivity index (χ1n) is 26.9. The van der Waals surface area contributed by atoms with E-state index in [2.05, 4.69) is 81.5 Å². The zero-order valence-corrected chi connectivity index (χ0v) is 43.3. The van der Waals surface area contributed by atoms with Crippen molar-refractivity contribution in [3.05, 3.63) is 146 Å². The number of allylic oxidation sites excluding steroid dienone is 24. The lowest BCUT2D eigenvalue weighted by molar-refractivity contribution is -0.166. The average Bonchev–Trinajstić information content (AvgIpc) is 3.34. The predicted octanol–water partition coefficient (Wildman–Crippen LogP) is 18.0. The van der Waals surface area contributed by atoms with E-state index in [1.165, 1.54) is 77.0 Å².